The Kier molecular flexibility index (Phi) is 6.46. The Morgan fingerprint density at radius 3 is 1.98 bits per heavy atom. The zero-order valence-electron chi connectivity index (χ0n) is 26.2. The minimum absolute atomic E-state index is 0.839. The molecule has 0 saturated heterocycles. The first-order chi connectivity index (χ1) is 23.3. The highest BCUT2D eigenvalue weighted by molar-refractivity contribution is 6.23. The fraction of sp³-hybridized carbons (Fsp3) is 0.0444. The molecule has 222 valence electrons. The largest absolute Gasteiger partial charge is 0.296 e. The maximum Gasteiger partial charge on any atom is 0.114 e. The number of hydrogen-bond donors (Lipinski definition) is 0. The Morgan fingerprint density at radius 2 is 1.13 bits per heavy atom. The number of fused-ring (bicyclic) bond motifs is 4. The Balaban J connectivity index is 1.42. The third-order valence-electron chi connectivity index (χ3n) is 9.53. The Bertz CT molecular complexity index is 2610. The van der Waals surface area contributed by atoms with Crippen LogP contribution in [0.15, 0.2) is 164 Å². The van der Waals surface area contributed by atoms with Crippen LogP contribution in [0.5, 0.6) is 0 Å². The van der Waals surface area contributed by atoms with Crippen molar-refractivity contribution in [3.05, 3.63) is 170 Å². The second-order valence-electron chi connectivity index (χ2n) is 12.2. The van der Waals surface area contributed by atoms with E-state index in [1.54, 1.807) is 0 Å². The lowest BCUT2D eigenvalue weighted by molar-refractivity contribution is 0.909. The van der Waals surface area contributed by atoms with Gasteiger partial charge in [0, 0.05) is 12.0 Å². The van der Waals surface area contributed by atoms with E-state index in [9.17, 15) is 0 Å². The van der Waals surface area contributed by atoms with E-state index in [0.717, 1.165) is 29.0 Å². The van der Waals surface area contributed by atoms with Gasteiger partial charge in [0.25, 0.3) is 0 Å². The predicted octanol–water partition coefficient (Wildman–Crippen LogP) is 12.0. The Labute approximate surface area is 274 Å². The van der Waals surface area contributed by atoms with Crippen molar-refractivity contribution in [1.82, 2.24) is 9.55 Å². The molecule has 0 fully saturated rings. The topological polar surface area (TPSA) is 17.8 Å². The van der Waals surface area contributed by atoms with E-state index in [4.69, 9.17) is 4.98 Å². The van der Waals surface area contributed by atoms with Gasteiger partial charge in [-0.2, -0.15) is 0 Å². The summed E-state index contributed by atoms with van der Waals surface area (Å²) >= 11 is 0. The van der Waals surface area contributed by atoms with Gasteiger partial charge in [0.15, 0.2) is 0 Å². The van der Waals surface area contributed by atoms with Crippen LogP contribution in [0.1, 0.15) is 12.7 Å². The van der Waals surface area contributed by atoms with Crippen molar-refractivity contribution < 1.29 is 0 Å². The molecule has 0 aliphatic heterocycles. The lowest BCUT2D eigenvalue weighted by Gasteiger charge is -2.21. The zero-order chi connectivity index (χ0) is 31.3. The lowest BCUT2D eigenvalue weighted by Crippen LogP contribution is -2.03. The summed E-state index contributed by atoms with van der Waals surface area (Å²) in [6.45, 7) is 2.19. The van der Waals surface area contributed by atoms with Gasteiger partial charge in [0.05, 0.1) is 16.7 Å². The normalized spacial score (nSPS) is 11.6. The van der Waals surface area contributed by atoms with Gasteiger partial charge in [0.2, 0.25) is 0 Å². The van der Waals surface area contributed by atoms with Crippen LogP contribution in [0.4, 0.5) is 0 Å². The number of para-hydroxylation sites is 3. The van der Waals surface area contributed by atoms with Gasteiger partial charge in [-0.15, -0.1) is 0 Å². The van der Waals surface area contributed by atoms with Gasteiger partial charge in [-0.1, -0.05) is 140 Å². The van der Waals surface area contributed by atoms with E-state index in [-0.39, 0.29) is 0 Å². The van der Waals surface area contributed by atoms with Gasteiger partial charge in [0.1, 0.15) is 5.82 Å². The summed E-state index contributed by atoms with van der Waals surface area (Å²) in [4.78, 5) is 5.05. The maximum absolute atomic E-state index is 5.05. The van der Waals surface area contributed by atoms with Crippen LogP contribution in [-0.2, 0) is 6.42 Å². The molecule has 47 heavy (non-hydrogen) atoms. The highest BCUT2D eigenvalue weighted by atomic mass is 15.1. The fourth-order valence-electron chi connectivity index (χ4n) is 7.40. The summed E-state index contributed by atoms with van der Waals surface area (Å²) in [7, 11) is 0. The van der Waals surface area contributed by atoms with Crippen molar-refractivity contribution >= 4 is 43.4 Å². The van der Waals surface area contributed by atoms with Crippen molar-refractivity contribution in [3.8, 4) is 39.1 Å². The van der Waals surface area contributed by atoms with E-state index in [1.165, 1.54) is 65.7 Å². The summed E-state index contributed by atoms with van der Waals surface area (Å²) in [5.74, 6) is 1.06. The molecular formula is C45H32N2. The van der Waals surface area contributed by atoms with Crippen molar-refractivity contribution in [2.45, 2.75) is 13.3 Å². The lowest BCUT2D eigenvalue weighted by atomic mass is 9.84. The highest BCUT2D eigenvalue weighted by Crippen LogP contribution is 2.46. The molecule has 8 aromatic carbocycles. The molecule has 2 heteroatoms. The molecule has 9 rings (SSSR count). The minimum Gasteiger partial charge on any atom is -0.296 e. The molecule has 0 unspecified atom stereocenters. The average molecular weight is 601 g/mol. The zero-order valence-corrected chi connectivity index (χ0v) is 26.2. The molecular weight excluding hydrogens is 569 g/mol. The van der Waals surface area contributed by atoms with Crippen LogP contribution in [0.3, 0.4) is 0 Å². The third-order valence-corrected chi connectivity index (χ3v) is 9.53. The number of aryl methyl sites for hydroxylation is 1. The van der Waals surface area contributed by atoms with Gasteiger partial charge < -0.3 is 0 Å². The van der Waals surface area contributed by atoms with Crippen LogP contribution in [0.25, 0.3) is 82.4 Å². The van der Waals surface area contributed by atoms with E-state index in [1.807, 2.05) is 0 Å². The molecule has 0 N–H and O–H groups in total. The van der Waals surface area contributed by atoms with Crippen LogP contribution in [0.2, 0.25) is 0 Å². The molecule has 0 radical (unpaired) electrons. The summed E-state index contributed by atoms with van der Waals surface area (Å²) in [6, 6.07) is 59.5. The average Bonchev–Trinajstić information content (AvgIpc) is 3.52. The molecule has 0 atom stereocenters. The van der Waals surface area contributed by atoms with Crippen molar-refractivity contribution in [2.75, 3.05) is 0 Å². The Morgan fingerprint density at radius 1 is 0.468 bits per heavy atom. The van der Waals surface area contributed by atoms with Gasteiger partial charge in [-0.3, -0.25) is 4.57 Å². The number of imidazole rings is 1. The molecule has 0 aliphatic rings. The fourth-order valence-corrected chi connectivity index (χ4v) is 7.40. The number of aromatic nitrogens is 2. The minimum atomic E-state index is 0.839. The van der Waals surface area contributed by atoms with E-state index < -0.39 is 0 Å². The van der Waals surface area contributed by atoms with E-state index >= 15 is 0 Å². The number of rotatable bonds is 5. The van der Waals surface area contributed by atoms with Crippen LogP contribution in [-0.4, -0.2) is 9.55 Å². The summed E-state index contributed by atoms with van der Waals surface area (Å²) < 4.78 is 2.36. The van der Waals surface area contributed by atoms with E-state index in [0.29, 0.717) is 0 Å². The van der Waals surface area contributed by atoms with Crippen molar-refractivity contribution in [3.63, 3.8) is 0 Å². The van der Waals surface area contributed by atoms with E-state index in [2.05, 4.69) is 175 Å². The molecule has 0 amide bonds. The van der Waals surface area contributed by atoms with Crippen LogP contribution >= 0.6 is 0 Å². The number of benzene rings is 8. The van der Waals surface area contributed by atoms with Crippen LogP contribution in [0, 0.1) is 0 Å². The number of nitrogens with zero attached hydrogens (tertiary/aromatic N) is 2. The molecule has 1 aromatic heterocycles. The second-order valence-corrected chi connectivity index (χ2v) is 12.2. The monoisotopic (exact) mass is 600 g/mol. The molecule has 0 bridgehead atoms. The molecule has 9 aromatic rings. The third kappa shape index (κ3) is 4.45. The first kappa shape index (κ1) is 27.3. The first-order valence-electron chi connectivity index (χ1n) is 16.4. The van der Waals surface area contributed by atoms with Gasteiger partial charge in [-0.05, 0) is 90.5 Å². The summed E-state index contributed by atoms with van der Waals surface area (Å²) in [5.41, 5.74) is 10.7. The quantitative estimate of drug-likeness (QED) is 0.180. The molecule has 1 heterocycles. The second kappa shape index (κ2) is 11.1. The van der Waals surface area contributed by atoms with Crippen LogP contribution < -0.4 is 0 Å². The highest BCUT2D eigenvalue weighted by Gasteiger charge is 2.21. The molecule has 0 aliphatic carbocycles. The SMILES string of the molecule is CCc1nc2ccccc2n1-c1ccccc1-c1c2ccccc2c(-c2ccc3ccccc3c2)c2cc(-c3ccccc3)ccc12. The first-order valence-corrected chi connectivity index (χ1v) is 16.4. The molecule has 0 spiro atoms. The Hall–Kier alpha value is -5.99. The molecule has 0 saturated carbocycles. The predicted molar refractivity (Wildman–Crippen MR) is 199 cm³/mol. The van der Waals surface area contributed by atoms with Crippen molar-refractivity contribution in [1.29, 1.82) is 0 Å². The van der Waals surface area contributed by atoms with Gasteiger partial charge >= 0.3 is 0 Å². The summed E-state index contributed by atoms with van der Waals surface area (Å²) in [5, 5.41) is 7.47. The standard InChI is InChI=1S/C45H32N2/c1-2-43-46-40-21-11-13-23-42(40)47(43)41-22-12-10-20-38(41)45-36-19-9-8-18-35(36)44(34-25-24-31-16-6-7-17-32(31)28-34)39-29-33(26-27-37(39)45)30-14-4-3-5-15-30/h3-29H,2H2,1H3. The molecule has 2 nitrogen and oxygen atoms in total. The maximum atomic E-state index is 5.05. The number of hydrogen-bond acceptors (Lipinski definition) is 1. The van der Waals surface area contributed by atoms with Crippen molar-refractivity contribution in [2.24, 2.45) is 0 Å². The van der Waals surface area contributed by atoms with Gasteiger partial charge in [-0.25, -0.2) is 4.98 Å². The smallest absolute Gasteiger partial charge is 0.114 e. The summed E-state index contributed by atoms with van der Waals surface area (Å²) in [6.07, 6.45) is 0.839.